The van der Waals surface area contributed by atoms with E-state index in [4.69, 9.17) is 0 Å². The third-order valence-electron chi connectivity index (χ3n) is 6.43. The van der Waals surface area contributed by atoms with Gasteiger partial charge in [0.15, 0.2) is 0 Å². The third kappa shape index (κ3) is 3.62. The number of para-hydroxylation sites is 1. The minimum atomic E-state index is 0.0205. The summed E-state index contributed by atoms with van der Waals surface area (Å²) in [4.78, 5) is 19.9. The lowest BCUT2D eigenvalue weighted by molar-refractivity contribution is -0.128. The second-order valence-electron chi connectivity index (χ2n) is 8.35. The van der Waals surface area contributed by atoms with Gasteiger partial charge in [-0.3, -0.25) is 4.79 Å². The molecule has 2 N–H and O–H groups in total. The summed E-state index contributed by atoms with van der Waals surface area (Å²) in [6.07, 6.45) is 3.10. The quantitative estimate of drug-likeness (QED) is 0.718. The molecule has 0 aliphatic carbocycles. The molecule has 3 aromatic rings. The van der Waals surface area contributed by atoms with E-state index in [1.807, 2.05) is 11.9 Å². The Hall–Kier alpha value is -2.79. The molecule has 5 heteroatoms. The highest BCUT2D eigenvalue weighted by molar-refractivity contribution is 5.86. The summed E-state index contributed by atoms with van der Waals surface area (Å²) in [5, 5.41) is 4.83. The number of hydrogen-bond acceptors (Lipinski definition) is 3. The van der Waals surface area contributed by atoms with Crippen LogP contribution in [0.2, 0.25) is 0 Å². The number of aromatic amines is 1. The Balaban J connectivity index is 1.21. The molecule has 1 unspecified atom stereocenters. The minimum absolute atomic E-state index is 0.0205. The summed E-state index contributed by atoms with van der Waals surface area (Å²) in [7, 11) is 1.89. The average Bonchev–Trinajstić information content (AvgIpc) is 3.33. The summed E-state index contributed by atoms with van der Waals surface area (Å²) in [6, 6.07) is 19.9. The lowest BCUT2D eigenvalue weighted by Gasteiger charge is -2.35. The van der Waals surface area contributed by atoms with Crippen LogP contribution in [0.25, 0.3) is 22.2 Å². The summed E-state index contributed by atoms with van der Waals surface area (Å²) >= 11 is 0. The monoisotopic (exact) mass is 388 g/mol. The number of nitrogens with zero attached hydrogens (tertiary/aromatic N) is 2. The van der Waals surface area contributed by atoms with E-state index in [9.17, 15) is 4.79 Å². The van der Waals surface area contributed by atoms with E-state index in [1.165, 1.54) is 22.2 Å². The molecule has 29 heavy (non-hydrogen) atoms. The number of H-pyrrole nitrogens is 1. The second-order valence-corrected chi connectivity index (χ2v) is 8.35. The number of benzene rings is 2. The molecular weight excluding hydrogens is 360 g/mol. The first kappa shape index (κ1) is 18.3. The summed E-state index contributed by atoms with van der Waals surface area (Å²) in [5.74, 6) is 0.250. The van der Waals surface area contributed by atoms with Crippen LogP contribution in [-0.2, 0) is 4.79 Å². The molecule has 150 valence electrons. The zero-order valence-electron chi connectivity index (χ0n) is 16.9. The molecule has 3 heterocycles. The maximum absolute atomic E-state index is 12.1. The zero-order chi connectivity index (χ0) is 19.8. The molecule has 0 radical (unpaired) electrons. The van der Waals surface area contributed by atoms with E-state index in [0.29, 0.717) is 6.04 Å². The van der Waals surface area contributed by atoms with Crippen LogP contribution in [0.4, 0.5) is 5.69 Å². The van der Waals surface area contributed by atoms with Gasteiger partial charge >= 0.3 is 0 Å². The van der Waals surface area contributed by atoms with Crippen LogP contribution in [0, 0.1) is 0 Å². The van der Waals surface area contributed by atoms with E-state index < -0.39 is 0 Å². The second kappa shape index (κ2) is 7.56. The van der Waals surface area contributed by atoms with Crippen molar-refractivity contribution in [1.82, 2.24) is 15.2 Å². The van der Waals surface area contributed by atoms with E-state index in [0.717, 1.165) is 44.6 Å². The number of carbonyl (C=O) groups excluding carboxylic acids is 1. The summed E-state index contributed by atoms with van der Waals surface area (Å²) in [6.45, 7) is 2.93. The van der Waals surface area contributed by atoms with Crippen LogP contribution < -0.4 is 10.2 Å². The highest BCUT2D eigenvalue weighted by Gasteiger charge is 2.31. The molecule has 2 saturated heterocycles. The molecule has 2 aliphatic heterocycles. The SMILES string of the molecule is CN1CCC(NC2CCN(c3ccc(-c4cc5ccccc5[nH]4)cc3)CC2)C1=O. The fourth-order valence-corrected chi connectivity index (χ4v) is 4.65. The Morgan fingerprint density at radius 2 is 1.72 bits per heavy atom. The van der Waals surface area contributed by atoms with Crippen molar-refractivity contribution in [3.63, 3.8) is 0 Å². The lowest BCUT2D eigenvalue weighted by Crippen LogP contribution is -2.48. The Morgan fingerprint density at radius 3 is 2.41 bits per heavy atom. The van der Waals surface area contributed by atoms with E-state index in [1.54, 1.807) is 0 Å². The van der Waals surface area contributed by atoms with Gasteiger partial charge in [-0.15, -0.1) is 0 Å². The highest BCUT2D eigenvalue weighted by atomic mass is 16.2. The minimum Gasteiger partial charge on any atom is -0.371 e. The molecule has 0 spiro atoms. The van der Waals surface area contributed by atoms with Crippen molar-refractivity contribution in [1.29, 1.82) is 0 Å². The maximum atomic E-state index is 12.1. The van der Waals surface area contributed by atoms with Crippen molar-refractivity contribution in [2.45, 2.75) is 31.3 Å². The fourth-order valence-electron chi connectivity index (χ4n) is 4.65. The van der Waals surface area contributed by atoms with E-state index in [2.05, 4.69) is 69.8 Å². The van der Waals surface area contributed by atoms with Crippen LogP contribution in [0.15, 0.2) is 54.6 Å². The first-order valence-corrected chi connectivity index (χ1v) is 10.6. The number of hydrogen-bond donors (Lipinski definition) is 2. The molecule has 1 atom stereocenters. The predicted octanol–water partition coefficient (Wildman–Crippen LogP) is 3.62. The first-order chi connectivity index (χ1) is 14.2. The van der Waals surface area contributed by atoms with Crippen molar-refractivity contribution < 1.29 is 4.79 Å². The number of likely N-dealkylation sites (N-methyl/N-ethyl adjacent to an activating group) is 1. The molecule has 5 nitrogen and oxygen atoms in total. The standard InChI is InChI=1S/C24H28N4O/c1-27-13-12-22(24(27)29)25-19-10-14-28(15-11-19)20-8-6-17(7-9-20)23-16-18-4-2-3-5-21(18)26-23/h2-9,16,19,22,25-26H,10-15H2,1H3. The average molecular weight is 389 g/mol. The van der Waals surface area contributed by atoms with Crippen LogP contribution in [-0.4, -0.2) is 54.6 Å². The van der Waals surface area contributed by atoms with Crippen molar-refractivity contribution >= 4 is 22.5 Å². The Morgan fingerprint density at radius 1 is 0.966 bits per heavy atom. The number of amides is 1. The lowest BCUT2D eigenvalue weighted by atomic mass is 10.0. The molecule has 1 amide bonds. The molecule has 1 aromatic heterocycles. The molecule has 5 rings (SSSR count). The van der Waals surface area contributed by atoms with Crippen molar-refractivity contribution in [2.24, 2.45) is 0 Å². The molecular formula is C24H28N4O. The fraction of sp³-hybridized carbons (Fsp3) is 0.375. The predicted molar refractivity (Wildman–Crippen MR) is 118 cm³/mol. The van der Waals surface area contributed by atoms with Crippen molar-refractivity contribution in [3.05, 3.63) is 54.6 Å². The number of piperidine rings is 1. The molecule has 2 aromatic carbocycles. The number of rotatable bonds is 4. The Bertz CT molecular complexity index is 968. The molecule has 0 bridgehead atoms. The van der Waals surface area contributed by atoms with Crippen molar-refractivity contribution in [2.75, 3.05) is 31.6 Å². The number of carbonyl (C=O) groups is 1. The van der Waals surface area contributed by atoms with Gasteiger partial charge in [0.1, 0.15) is 0 Å². The van der Waals surface area contributed by atoms with Gasteiger partial charge in [0.2, 0.25) is 5.91 Å². The van der Waals surface area contributed by atoms with Crippen LogP contribution >= 0.6 is 0 Å². The topological polar surface area (TPSA) is 51.4 Å². The summed E-state index contributed by atoms with van der Waals surface area (Å²) in [5.41, 5.74) is 4.82. The van der Waals surface area contributed by atoms with Crippen LogP contribution in [0.1, 0.15) is 19.3 Å². The third-order valence-corrected chi connectivity index (χ3v) is 6.43. The normalized spacial score (nSPS) is 20.7. The smallest absolute Gasteiger partial charge is 0.239 e. The number of nitrogens with one attached hydrogen (secondary N) is 2. The molecule has 2 aliphatic rings. The highest BCUT2D eigenvalue weighted by Crippen LogP contribution is 2.27. The van der Waals surface area contributed by atoms with Gasteiger partial charge in [-0.25, -0.2) is 0 Å². The van der Waals surface area contributed by atoms with Gasteiger partial charge in [0.05, 0.1) is 6.04 Å². The zero-order valence-corrected chi connectivity index (χ0v) is 16.9. The summed E-state index contributed by atoms with van der Waals surface area (Å²) < 4.78 is 0. The first-order valence-electron chi connectivity index (χ1n) is 10.6. The van der Waals surface area contributed by atoms with Crippen LogP contribution in [0.3, 0.4) is 0 Å². The Kier molecular flexibility index (Phi) is 4.76. The number of anilines is 1. The number of likely N-dealkylation sites (tertiary alicyclic amines) is 1. The molecule has 2 fully saturated rings. The van der Waals surface area contributed by atoms with Gasteiger partial charge in [-0.2, -0.15) is 0 Å². The van der Waals surface area contributed by atoms with Crippen molar-refractivity contribution in [3.8, 4) is 11.3 Å². The number of fused-ring (bicyclic) bond motifs is 1. The van der Waals surface area contributed by atoms with Gasteiger partial charge < -0.3 is 20.1 Å². The van der Waals surface area contributed by atoms with E-state index in [-0.39, 0.29) is 11.9 Å². The molecule has 0 saturated carbocycles. The maximum Gasteiger partial charge on any atom is 0.239 e. The van der Waals surface area contributed by atoms with E-state index >= 15 is 0 Å². The largest absolute Gasteiger partial charge is 0.371 e. The van der Waals surface area contributed by atoms with Gasteiger partial charge in [0, 0.05) is 55.0 Å². The van der Waals surface area contributed by atoms with Gasteiger partial charge in [-0.1, -0.05) is 30.3 Å². The Labute approximate surface area is 171 Å². The number of aromatic nitrogens is 1. The van der Waals surface area contributed by atoms with Crippen LogP contribution in [0.5, 0.6) is 0 Å². The van der Waals surface area contributed by atoms with Gasteiger partial charge in [0.25, 0.3) is 0 Å². The van der Waals surface area contributed by atoms with Gasteiger partial charge in [-0.05, 0) is 49.1 Å².